The zero-order valence-electron chi connectivity index (χ0n) is 12.9. The predicted molar refractivity (Wildman–Crippen MR) is 83.3 cm³/mol. The standard InChI is InChI=1S/C17H18O6/c1-22-15-4-3-10(5-12(15)19)6-13(20)17-14(21)7-11(9-18)8-16(17)23-2/h3-5,7-8,18-19,21H,6,9H2,1-2H3. The van der Waals surface area contributed by atoms with Crippen LogP contribution in [0.25, 0.3) is 0 Å². The van der Waals surface area contributed by atoms with E-state index in [1.807, 2.05) is 0 Å². The number of hydrogen-bond donors (Lipinski definition) is 3. The number of aromatic hydroxyl groups is 2. The summed E-state index contributed by atoms with van der Waals surface area (Å²) in [5.41, 5.74) is 1.05. The molecule has 0 aromatic heterocycles. The molecule has 23 heavy (non-hydrogen) atoms. The maximum absolute atomic E-state index is 12.5. The maximum Gasteiger partial charge on any atom is 0.174 e. The van der Waals surface area contributed by atoms with E-state index in [0.717, 1.165) is 0 Å². The van der Waals surface area contributed by atoms with Crippen LogP contribution in [0.3, 0.4) is 0 Å². The van der Waals surface area contributed by atoms with Gasteiger partial charge in [0.2, 0.25) is 0 Å². The molecular weight excluding hydrogens is 300 g/mol. The van der Waals surface area contributed by atoms with Gasteiger partial charge in [0, 0.05) is 6.42 Å². The molecule has 6 nitrogen and oxygen atoms in total. The molecule has 6 heteroatoms. The first-order valence-electron chi connectivity index (χ1n) is 6.90. The Hall–Kier alpha value is -2.73. The molecule has 2 aromatic rings. The number of carbonyl (C=O) groups excluding carboxylic acids is 1. The summed E-state index contributed by atoms with van der Waals surface area (Å²) >= 11 is 0. The molecule has 0 aliphatic heterocycles. The average molecular weight is 318 g/mol. The second-order valence-corrected chi connectivity index (χ2v) is 4.96. The van der Waals surface area contributed by atoms with E-state index in [9.17, 15) is 15.0 Å². The number of carbonyl (C=O) groups is 1. The lowest BCUT2D eigenvalue weighted by molar-refractivity contribution is 0.0987. The summed E-state index contributed by atoms with van der Waals surface area (Å²) < 4.78 is 10.1. The normalized spacial score (nSPS) is 10.4. The van der Waals surface area contributed by atoms with E-state index in [-0.39, 0.29) is 41.6 Å². The van der Waals surface area contributed by atoms with E-state index < -0.39 is 0 Å². The SMILES string of the molecule is COc1ccc(CC(=O)c2c(O)cc(CO)cc2OC)cc1O. The van der Waals surface area contributed by atoms with Crippen molar-refractivity contribution in [3.8, 4) is 23.0 Å². The molecule has 2 aromatic carbocycles. The largest absolute Gasteiger partial charge is 0.507 e. The molecule has 0 saturated heterocycles. The number of benzene rings is 2. The summed E-state index contributed by atoms with van der Waals surface area (Å²) in [7, 11) is 2.82. The van der Waals surface area contributed by atoms with Crippen LogP contribution in [0.1, 0.15) is 21.5 Å². The van der Waals surface area contributed by atoms with E-state index in [0.29, 0.717) is 16.9 Å². The smallest absolute Gasteiger partial charge is 0.174 e. The van der Waals surface area contributed by atoms with E-state index in [1.165, 1.54) is 32.4 Å². The third-order valence-corrected chi connectivity index (χ3v) is 3.43. The van der Waals surface area contributed by atoms with Crippen molar-refractivity contribution >= 4 is 5.78 Å². The van der Waals surface area contributed by atoms with E-state index in [4.69, 9.17) is 14.6 Å². The highest BCUT2D eigenvalue weighted by molar-refractivity contribution is 6.02. The van der Waals surface area contributed by atoms with E-state index >= 15 is 0 Å². The first-order valence-corrected chi connectivity index (χ1v) is 6.90. The number of Topliss-reactive ketones (excluding diaryl/α,β-unsaturated/α-hetero) is 1. The van der Waals surface area contributed by atoms with Gasteiger partial charge in [0.25, 0.3) is 0 Å². The minimum Gasteiger partial charge on any atom is -0.507 e. The van der Waals surface area contributed by atoms with Gasteiger partial charge in [-0.2, -0.15) is 0 Å². The molecule has 3 N–H and O–H groups in total. The van der Waals surface area contributed by atoms with Gasteiger partial charge in [-0.05, 0) is 35.4 Å². The zero-order valence-corrected chi connectivity index (χ0v) is 12.9. The Bertz CT molecular complexity index is 723. The number of methoxy groups -OCH3 is 2. The van der Waals surface area contributed by atoms with E-state index in [1.54, 1.807) is 12.1 Å². The van der Waals surface area contributed by atoms with Crippen LogP contribution in [0.5, 0.6) is 23.0 Å². The minimum atomic E-state index is -0.367. The number of ether oxygens (including phenoxy) is 2. The van der Waals surface area contributed by atoms with Gasteiger partial charge in [0.1, 0.15) is 17.1 Å². The van der Waals surface area contributed by atoms with Gasteiger partial charge >= 0.3 is 0 Å². The quantitative estimate of drug-likeness (QED) is 0.705. The first kappa shape index (κ1) is 16.6. The number of rotatable bonds is 6. The monoisotopic (exact) mass is 318 g/mol. The van der Waals surface area contributed by atoms with Crippen LogP contribution in [0.2, 0.25) is 0 Å². The van der Waals surface area contributed by atoms with Crippen molar-refractivity contribution in [3.05, 3.63) is 47.0 Å². The summed E-state index contributed by atoms with van der Waals surface area (Å²) in [5.74, 6) is -0.181. The summed E-state index contributed by atoms with van der Waals surface area (Å²) in [5, 5.41) is 28.9. The zero-order chi connectivity index (χ0) is 17.0. The molecule has 2 rings (SSSR count). The van der Waals surface area contributed by atoms with Crippen LogP contribution in [0.4, 0.5) is 0 Å². The third-order valence-electron chi connectivity index (χ3n) is 3.43. The fraction of sp³-hybridized carbons (Fsp3) is 0.235. The Morgan fingerprint density at radius 2 is 1.61 bits per heavy atom. The van der Waals surface area contributed by atoms with Crippen LogP contribution in [-0.2, 0) is 13.0 Å². The summed E-state index contributed by atoms with van der Waals surface area (Å²) in [6, 6.07) is 7.47. The van der Waals surface area contributed by atoms with Gasteiger partial charge in [-0.15, -0.1) is 0 Å². The lowest BCUT2D eigenvalue weighted by atomic mass is 9.99. The Labute approximate surface area is 133 Å². The van der Waals surface area contributed by atoms with Crippen molar-refractivity contribution in [3.63, 3.8) is 0 Å². The minimum absolute atomic E-state index is 0.0278. The van der Waals surface area contributed by atoms with Crippen LogP contribution >= 0.6 is 0 Å². The van der Waals surface area contributed by atoms with Crippen molar-refractivity contribution in [1.82, 2.24) is 0 Å². The molecule has 0 amide bonds. The van der Waals surface area contributed by atoms with Crippen molar-refractivity contribution in [2.45, 2.75) is 13.0 Å². The second kappa shape index (κ2) is 7.02. The summed E-state index contributed by atoms with van der Waals surface area (Å²) in [4.78, 5) is 12.5. The van der Waals surface area contributed by atoms with Gasteiger partial charge in [-0.1, -0.05) is 6.07 Å². The number of phenolic OH excluding ortho intramolecular Hbond substituents is 2. The Morgan fingerprint density at radius 3 is 2.17 bits per heavy atom. The Balaban J connectivity index is 2.32. The van der Waals surface area contributed by atoms with Crippen molar-refractivity contribution in [1.29, 1.82) is 0 Å². The third kappa shape index (κ3) is 3.54. The van der Waals surface area contributed by atoms with Crippen molar-refractivity contribution < 1.29 is 29.6 Å². The first-order chi connectivity index (χ1) is 11.0. The number of hydrogen-bond acceptors (Lipinski definition) is 6. The Morgan fingerprint density at radius 1 is 0.957 bits per heavy atom. The second-order valence-electron chi connectivity index (χ2n) is 4.96. The molecule has 0 radical (unpaired) electrons. The topological polar surface area (TPSA) is 96.2 Å². The van der Waals surface area contributed by atoms with Gasteiger partial charge in [-0.3, -0.25) is 4.79 Å². The van der Waals surface area contributed by atoms with Crippen molar-refractivity contribution in [2.24, 2.45) is 0 Å². The molecule has 0 fully saturated rings. The molecule has 0 atom stereocenters. The highest BCUT2D eigenvalue weighted by Crippen LogP contribution is 2.32. The van der Waals surface area contributed by atoms with E-state index in [2.05, 4.69) is 0 Å². The fourth-order valence-electron chi connectivity index (χ4n) is 2.31. The number of phenols is 2. The molecule has 0 heterocycles. The van der Waals surface area contributed by atoms with Gasteiger partial charge < -0.3 is 24.8 Å². The number of ketones is 1. The predicted octanol–water partition coefficient (Wildman–Crippen LogP) is 2.03. The number of aliphatic hydroxyl groups excluding tert-OH is 1. The molecule has 0 aliphatic carbocycles. The highest BCUT2D eigenvalue weighted by Gasteiger charge is 2.19. The molecular formula is C17H18O6. The fourth-order valence-corrected chi connectivity index (χ4v) is 2.31. The van der Waals surface area contributed by atoms with Crippen LogP contribution in [0.15, 0.2) is 30.3 Å². The van der Waals surface area contributed by atoms with Gasteiger partial charge in [0.15, 0.2) is 17.3 Å². The van der Waals surface area contributed by atoms with Gasteiger partial charge in [-0.25, -0.2) is 0 Å². The molecule has 0 aliphatic rings. The van der Waals surface area contributed by atoms with Gasteiger partial charge in [0.05, 0.1) is 20.8 Å². The van der Waals surface area contributed by atoms with Crippen LogP contribution in [0, 0.1) is 0 Å². The van der Waals surface area contributed by atoms with Crippen LogP contribution in [-0.4, -0.2) is 35.3 Å². The summed E-state index contributed by atoms with van der Waals surface area (Å²) in [6.45, 7) is -0.273. The maximum atomic E-state index is 12.5. The average Bonchev–Trinajstić information content (AvgIpc) is 2.53. The lowest BCUT2D eigenvalue weighted by Gasteiger charge is -2.12. The molecule has 0 spiro atoms. The van der Waals surface area contributed by atoms with Crippen molar-refractivity contribution in [2.75, 3.05) is 14.2 Å². The highest BCUT2D eigenvalue weighted by atomic mass is 16.5. The van der Waals surface area contributed by atoms with Crippen LogP contribution < -0.4 is 9.47 Å². The molecule has 0 bridgehead atoms. The molecule has 0 unspecified atom stereocenters. The summed E-state index contributed by atoms with van der Waals surface area (Å²) in [6.07, 6.45) is -0.0278. The molecule has 122 valence electrons. The lowest BCUT2D eigenvalue weighted by Crippen LogP contribution is -2.07. The Kier molecular flexibility index (Phi) is 5.08. The number of aliphatic hydroxyl groups is 1. The molecule has 0 saturated carbocycles.